The number of aromatic nitrogens is 2. The van der Waals surface area contributed by atoms with Crippen molar-refractivity contribution in [1.29, 1.82) is 0 Å². The van der Waals surface area contributed by atoms with E-state index in [0.717, 1.165) is 5.56 Å². The van der Waals surface area contributed by atoms with Gasteiger partial charge in [0.1, 0.15) is 0 Å². The van der Waals surface area contributed by atoms with E-state index >= 15 is 0 Å². The highest BCUT2D eigenvalue weighted by molar-refractivity contribution is 7.88. The second kappa shape index (κ2) is 6.07. The molecule has 1 aliphatic heterocycles. The minimum atomic E-state index is -3.22. The molecule has 1 fully saturated rings. The Kier molecular flexibility index (Phi) is 4.62. The van der Waals surface area contributed by atoms with Gasteiger partial charge in [0.15, 0.2) is 0 Å². The molecule has 0 spiro atoms. The van der Waals surface area contributed by atoms with E-state index in [-0.39, 0.29) is 12.1 Å². The molecule has 1 aliphatic rings. The molecule has 0 aromatic carbocycles. The van der Waals surface area contributed by atoms with Crippen LogP contribution in [0.15, 0.2) is 25.0 Å². The fraction of sp³-hybridized carbons (Fsp3) is 0.615. The summed E-state index contributed by atoms with van der Waals surface area (Å²) < 4.78 is 32.7. The second-order valence-corrected chi connectivity index (χ2v) is 7.05. The molecule has 2 rings (SSSR count). The van der Waals surface area contributed by atoms with Gasteiger partial charge in [0.25, 0.3) is 0 Å². The maximum Gasteiger partial charge on any atom is 0.211 e. The zero-order valence-corrected chi connectivity index (χ0v) is 12.7. The van der Waals surface area contributed by atoms with Crippen LogP contribution in [0.5, 0.6) is 0 Å². The molecular formula is C13H21N3O3S. The molecule has 1 saturated heterocycles. The summed E-state index contributed by atoms with van der Waals surface area (Å²) in [6, 6.07) is -0.172. The predicted octanol–water partition coefficient (Wildman–Crippen LogP) is 0.568. The van der Waals surface area contributed by atoms with Gasteiger partial charge < -0.3 is 4.74 Å². The molecular weight excluding hydrogens is 278 g/mol. The van der Waals surface area contributed by atoms with Gasteiger partial charge in [-0.25, -0.2) is 8.42 Å². The summed E-state index contributed by atoms with van der Waals surface area (Å²) in [5.41, 5.74) is 1.01. The first-order valence-corrected chi connectivity index (χ1v) is 8.43. The third-order valence-corrected chi connectivity index (χ3v) is 4.80. The highest BCUT2D eigenvalue weighted by Crippen LogP contribution is 2.26. The Labute approximate surface area is 120 Å². The summed E-state index contributed by atoms with van der Waals surface area (Å²) in [5, 5.41) is 4.12. The number of rotatable bonds is 6. The molecule has 0 bridgehead atoms. The molecule has 0 unspecified atom stereocenters. The van der Waals surface area contributed by atoms with Crippen molar-refractivity contribution in [3.05, 3.63) is 30.6 Å². The molecule has 0 radical (unpaired) electrons. The number of nitrogens with zero attached hydrogens (tertiary/aromatic N) is 3. The van der Waals surface area contributed by atoms with Crippen LogP contribution >= 0.6 is 0 Å². The molecule has 2 heterocycles. The molecule has 6 nitrogen and oxygen atoms in total. The average Bonchev–Trinajstić information content (AvgIpc) is 2.93. The van der Waals surface area contributed by atoms with Crippen LogP contribution in [-0.4, -0.2) is 54.1 Å². The second-order valence-electron chi connectivity index (χ2n) is 5.12. The van der Waals surface area contributed by atoms with Crippen molar-refractivity contribution in [3.8, 4) is 0 Å². The van der Waals surface area contributed by atoms with Gasteiger partial charge in [-0.05, 0) is 18.4 Å². The van der Waals surface area contributed by atoms with E-state index in [0.29, 0.717) is 26.0 Å². The summed E-state index contributed by atoms with van der Waals surface area (Å²) in [5.74, 6) is 0. The zero-order valence-electron chi connectivity index (χ0n) is 11.9. The quantitative estimate of drug-likeness (QED) is 0.720. The third-order valence-electron chi connectivity index (χ3n) is 3.49. The van der Waals surface area contributed by atoms with Crippen molar-refractivity contribution < 1.29 is 13.2 Å². The number of sulfonamides is 1. The summed E-state index contributed by atoms with van der Waals surface area (Å²) in [6.45, 7) is 4.57. The highest BCUT2D eigenvalue weighted by Gasteiger charge is 2.39. The van der Waals surface area contributed by atoms with E-state index in [1.807, 2.05) is 13.2 Å². The Morgan fingerprint density at radius 3 is 2.90 bits per heavy atom. The Bertz CT molecular complexity index is 567. The van der Waals surface area contributed by atoms with Gasteiger partial charge in [-0.15, -0.1) is 6.58 Å². The fourth-order valence-corrected chi connectivity index (χ4v) is 3.79. The summed E-state index contributed by atoms with van der Waals surface area (Å²) in [7, 11) is -1.38. The van der Waals surface area contributed by atoms with Gasteiger partial charge in [0, 0.05) is 19.8 Å². The van der Waals surface area contributed by atoms with Crippen molar-refractivity contribution in [2.45, 2.75) is 25.0 Å². The zero-order chi connectivity index (χ0) is 14.8. The molecule has 2 atom stereocenters. The lowest BCUT2D eigenvalue weighted by Crippen LogP contribution is -2.41. The van der Waals surface area contributed by atoms with Gasteiger partial charge in [-0.3, -0.25) is 4.68 Å². The van der Waals surface area contributed by atoms with Gasteiger partial charge in [0.2, 0.25) is 10.0 Å². The Hall–Kier alpha value is -1.18. The van der Waals surface area contributed by atoms with Gasteiger partial charge in [-0.2, -0.15) is 9.40 Å². The third kappa shape index (κ3) is 3.47. The highest BCUT2D eigenvalue weighted by atomic mass is 32.2. The van der Waals surface area contributed by atoms with Crippen LogP contribution in [0.3, 0.4) is 0 Å². The molecule has 0 saturated carbocycles. The van der Waals surface area contributed by atoms with Crippen LogP contribution in [0.4, 0.5) is 0 Å². The van der Waals surface area contributed by atoms with E-state index in [1.54, 1.807) is 17.0 Å². The number of hydrogen-bond donors (Lipinski definition) is 0. The summed E-state index contributed by atoms with van der Waals surface area (Å²) >= 11 is 0. The summed E-state index contributed by atoms with van der Waals surface area (Å²) in [4.78, 5) is 0. The first-order valence-electron chi connectivity index (χ1n) is 6.58. The Morgan fingerprint density at radius 1 is 1.60 bits per heavy atom. The molecule has 0 amide bonds. The predicted molar refractivity (Wildman–Crippen MR) is 76.8 cm³/mol. The molecule has 0 aliphatic carbocycles. The molecule has 20 heavy (non-hydrogen) atoms. The largest absolute Gasteiger partial charge is 0.372 e. The lowest BCUT2D eigenvalue weighted by Gasteiger charge is -2.25. The first kappa shape index (κ1) is 15.2. The van der Waals surface area contributed by atoms with Crippen LogP contribution < -0.4 is 0 Å². The van der Waals surface area contributed by atoms with Crippen LogP contribution in [0.1, 0.15) is 12.0 Å². The topological polar surface area (TPSA) is 64.4 Å². The maximum absolute atomic E-state index is 11.9. The van der Waals surface area contributed by atoms with E-state index in [4.69, 9.17) is 4.74 Å². The average molecular weight is 299 g/mol. The van der Waals surface area contributed by atoms with Crippen LogP contribution in [0.25, 0.3) is 0 Å². The number of hydrogen-bond acceptors (Lipinski definition) is 4. The monoisotopic (exact) mass is 299 g/mol. The first-order chi connectivity index (χ1) is 9.41. The number of ether oxygens (including phenoxy) is 1. The standard InChI is InChI=1S/C13H21N3O3S/c1-4-7-19-13-5-6-16(20(3,17)18)12(13)8-11-9-14-15(2)10-11/h4,9-10,12-13H,1,5-8H2,2-3H3/t12-,13+/m1/s1. The van der Waals surface area contributed by atoms with Crippen molar-refractivity contribution in [3.63, 3.8) is 0 Å². The Balaban J connectivity index is 2.17. The normalized spacial score (nSPS) is 24.1. The van der Waals surface area contributed by atoms with Gasteiger partial charge >= 0.3 is 0 Å². The lowest BCUT2D eigenvalue weighted by atomic mass is 10.1. The van der Waals surface area contributed by atoms with Crippen LogP contribution in [0.2, 0.25) is 0 Å². The summed E-state index contributed by atoms with van der Waals surface area (Å²) in [6.07, 6.45) is 7.84. The van der Waals surface area contributed by atoms with Crippen LogP contribution in [-0.2, 0) is 28.2 Å². The molecule has 1 aromatic rings. The number of aryl methyl sites for hydroxylation is 1. The van der Waals surface area contributed by atoms with Crippen molar-refractivity contribution >= 4 is 10.0 Å². The lowest BCUT2D eigenvalue weighted by molar-refractivity contribution is 0.0560. The smallest absolute Gasteiger partial charge is 0.211 e. The van der Waals surface area contributed by atoms with Gasteiger partial charge in [0.05, 0.1) is 31.2 Å². The minimum Gasteiger partial charge on any atom is -0.372 e. The minimum absolute atomic E-state index is 0.0945. The SMILES string of the molecule is C=CCO[C@H]1CCN(S(C)(=O)=O)[C@@H]1Cc1cnn(C)c1. The van der Waals surface area contributed by atoms with E-state index in [1.165, 1.54) is 10.6 Å². The van der Waals surface area contributed by atoms with Crippen molar-refractivity contribution in [2.75, 3.05) is 19.4 Å². The van der Waals surface area contributed by atoms with E-state index in [2.05, 4.69) is 11.7 Å². The Morgan fingerprint density at radius 2 is 2.35 bits per heavy atom. The van der Waals surface area contributed by atoms with E-state index in [9.17, 15) is 8.42 Å². The molecule has 0 N–H and O–H groups in total. The molecule has 7 heteroatoms. The van der Waals surface area contributed by atoms with Crippen LogP contribution in [0, 0.1) is 0 Å². The molecule has 112 valence electrons. The van der Waals surface area contributed by atoms with E-state index < -0.39 is 10.0 Å². The molecule has 1 aromatic heterocycles. The fourth-order valence-electron chi connectivity index (χ4n) is 2.65. The van der Waals surface area contributed by atoms with Crippen molar-refractivity contribution in [2.24, 2.45) is 7.05 Å². The maximum atomic E-state index is 11.9. The van der Waals surface area contributed by atoms with Crippen molar-refractivity contribution in [1.82, 2.24) is 14.1 Å². The van der Waals surface area contributed by atoms with Gasteiger partial charge in [-0.1, -0.05) is 6.08 Å².